The molecule has 0 aromatic heterocycles. The van der Waals surface area contributed by atoms with Crippen LogP contribution < -0.4 is 10.6 Å². The zero-order chi connectivity index (χ0) is 15.8. The van der Waals surface area contributed by atoms with Crippen molar-refractivity contribution in [3.63, 3.8) is 0 Å². The maximum Gasteiger partial charge on any atom is 0.251 e. The van der Waals surface area contributed by atoms with Crippen LogP contribution in [0.2, 0.25) is 0 Å². The summed E-state index contributed by atoms with van der Waals surface area (Å²) in [5.41, 5.74) is 0.282. The van der Waals surface area contributed by atoms with Gasteiger partial charge in [-0.25, -0.2) is 4.39 Å². The van der Waals surface area contributed by atoms with Gasteiger partial charge in [0.2, 0.25) is 5.91 Å². The van der Waals surface area contributed by atoms with Gasteiger partial charge in [0.05, 0.1) is 19.2 Å². The van der Waals surface area contributed by atoms with E-state index >= 15 is 0 Å². The number of aliphatic hydroxyl groups is 1. The maximum absolute atomic E-state index is 12.7. The summed E-state index contributed by atoms with van der Waals surface area (Å²) in [5, 5.41) is 14.3. The molecule has 0 unspecified atom stereocenters. The van der Waals surface area contributed by atoms with E-state index in [9.17, 15) is 14.0 Å². The van der Waals surface area contributed by atoms with E-state index in [0.29, 0.717) is 12.3 Å². The Kier molecular flexibility index (Phi) is 6.81. The summed E-state index contributed by atoms with van der Waals surface area (Å²) in [5.74, 6) is -0.903. The Balaban J connectivity index is 2.41. The van der Waals surface area contributed by atoms with Gasteiger partial charge in [-0.05, 0) is 36.6 Å². The van der Waals surface area contributed by atoms with Gasteiger partial charge in [0.1, 0.15) is 5.82 Å². The zero-order valence-electron chi connectivity index (χ0n) is 12.2. The third-order valence-electron chi connectivity index (χ3n) is 2.86. The van der Waals surface area contributed by atoms with Crippen LogP contribution in [0.25, 0.3) is 0 Å². The molecule has 1 aromatic carbocycles. The Morgan fingerprint density at radius 2 is 1.86 bits per heavy atom. The Morgan fingerprint density at radius 3 is 2.38 bits per heavy atom. The minimum Gasteiger partial charge on any atom is -0.394 e. The van der Waals surface area contributed by atoms with Crippen molar-refractivity contribution in [1.29, 1.82) is 0 Å². The van der Waals surface area contributed by atoms with Crippen LogP contribution in [-0.2, 0) is 4.79 Å². The van der Waals surface area contributed by atoms with Gasteiger partial charge in [0.25, 0.3) is 5.91 Å². The second-order valence-corrected chi connectivity index (χ2v) is 5.27. The second kappa shape index (κ2) is 8.36. The van der Waals surface area contributed by atoms with E-state index in [1.807, 2.05) is 13.8 Å². The second-order valence-electron chi connectivity index (χ2n) is 5.27. The summed E-state index contributed by atoms with van der Waals surface area (Å²) in [6, 6.07) is 4.73. The molecule has 5 nitrogen and oxygen atoms in total. The number of nitrogens with one attached hydrogen (secondary N) is 2. The molecular weight excluding hydrogens is 275 g/mol. The number of halogens is 1. The molecule has 0 spiro atoms. The van der Waals surface area contributed by atoms with E-state index in [2.05, 4.69) is 10.6 Å². The molecule has 116 valence electrons. The number of benzene rings is 1. The first-order chi connectivity index (χ1) is 9.92. The van der Waals surface area contributed by atoms with Gasteiger partial charge >= 0.3 is 0 Å². The maximum atomic E-state index is 12.7. The summed E-state index contributed by atoms with van der Waals surface area (Å²) in [7, 11) is 0. The fourth-order valence-corrected chi connectivity index (χ4v) is 1.89. The highest BCUT2D eigenvalue weighted by molar-refractivity contribution is 5.96. The first-order valence-corrected chi connectivity index (χ1v) is 6.86. The quantitative estimate of drug-likeness (QED) is 0.704. The Labute approximate surface area is 123 Å². The average molecular weight is 296 g/mol. The number of hydrogen-bond donors (Lipinski definition) is 3. The molecule has 2 amide bonds. The van der Waals surface area contributed by atoms with Crippen LogP contribution in [0.1, 0.15) is 30.6 Å². The molecule has 0 aliphatic carbocycles. The third kappa shape index (κ3) is 6.35. The first kappa shape index (κ1) is 17.1. The van der Waals surface area contributed by atoms with Crippen molar-refractivity contribution in [2.24, 2.45) is 5.92 Å². The third-order valence-corrected chi connectivity index (χ3v) is 2.86. The summed E-state index contributed by atoms with van der Waals surface area (Å²) < 4.78 is 12.7. The van der Waals surface area contributed by atoms with Gasteiger partial charge in [-0.2, -0.15) is 0 Å². The Bertz CT molecular complexity index is 474. The van der Waals surface area contributed by atoms with Crippen molar-refractivity contribution in [2.45, 2.75) is 26.3 Å². The molecule has 0 saturated heterocycles. The predicted octanol–water partition coefficient (Wildman–Crippen LogP) is 1.08. The number of rotatable bonds is 7. The normalized spacial score (nSPS) is 12.0. The minimum atomic E-state index is -0.449. The van der Waals surface area contributed by atoms with E-state index in [1.54, 1.807) is 0 Å². The van der Waals surface area contributed by atoms with Crippen LogP contribution in [-0.4, -0.2) is 36.1 Å². The highest BCUT2D eigenvalue weighted by Gasteiger charge is 2.14. The van der Waals surface area contributed by atoms with E-state index in [-0.39, 0.29) is 30.7 Å². The average Bonchev–Trinajstić information content (AvgIpc) is 2.44. The molecule has 0 aliphatic rings. The van der Waals surface area contributed by atoms with Crippen molar-refractivity contribution >= 4 is 11.8 Å². The molecule has 1 atom stereocenters. The van der Waals surface area contributed by atoms with E-state index in [0.717, 1.165) is 0 Å². The van der Waals surface area contributed by atoms with Crippen LogP contribution in [0.15, 0.2) is 24.3 Å². The number of amides is 2. The number of carbonyl (C=O) groups is 2. The number of hydrogen-bond acceptors (Lipinski definition) is 3. The lowest BCUT2D eigenvalue weighted by molar-refractivity contribution is -0.121. The smallest absolute Gasteiger partial charge is 0.251 e. The largest absolute Gasteiger partial charge is 0.394 e. The molecule has 0 aliphatic heterocycles. The van der Waals surface area contributed by atoms with Crippen LogP contribution >= 0.6 is 0 Å². The lowest BCUT2D eigenvalue weighted by Gasteiger charge is -2.18. The van der Waals surface area contributed by atoms with Gasteiger partial charge in [-0.3, -0.25) is 9.59 Å². The standard InChI is InChI=1S/C15H21FN2O3/c1-10(2)7-13(9-19)18-14(20)8-17-15(21)11-3-5-12(16)6-4-11/h3-6,10,13,19H,7-9H2,1-2H3,(H,17,21)(H,18,20)/t13-/m0/s1. The molecule has 0 radical (unpaired) electrons. The van der Waals surface area contributed by atoms with Crippen molar-refractivity contribution in [3.8, 4) is 0 Å². The van der Waals surface area contributed by atoms with Crippen molar-refractivity contribution in [2.75, 3.05) is 13.2 Å². The fraction of sp³-hybridized carbons (Fsp3) is 0.467. The predicted molar refractivity (Wildman–Crippen MR) is 77.2 cm³/mol. The Hall–Kier alpha value is -1.95. The van der Waals surface area contributed by atoms with Gasteiger partial charge in [0, 0.05) is 5.56 Å². The van der Waals surface area contributed by atoms with Crippen molar-refractivity contribution in [1.82, 2.24) is 10.6 Å². The zero-order valence-corrected chi connectivity index (χ0v) is 12.2. The number of carbonyl (C=O) groups excluding carboxylic acids is 2. The summed E-state index contributed by atoms with van der Waals surface area (Å²) in [6.45, 7) is 3.65. The molecule has 0 bridgehead atoms. The fourth-order valence-electron chi connectivity index (χ4n) is 1.89. The van der Waals surface area contributed by atoms with E-state index in [1.165, 1.54) is 24.3 Å². The molecule has 3 N–H and O–H groups in total. The molecule has 0 saturated carbocycles. The van der Waals surface area contributed by atoms with Crippen LogP contribution in [0.4, 0.5) is 4.39 Å². The summed E-state index contributed by atoms with van der Waals surface area (Å²) >= 11 is 0. The van der Waals surface area contributed by atoms with Crippen molar-refractivity contribution in [3.05, 3.63) is 35.6 Å². The Morgan fingerprint density at radius 1 is 1.24 bits per heavy atom. The van der Waals surface area contributed by atoms with Crippen LogP contribution in [0.3, 0.4) is 0 Å². The van der Waals surface area contributed by atoms with Gasteiger partial charge in [-0.15, -0.1) is 0 Å². The summed E-state index contributed by atoms with van der Waals surface area (Å²) in [6.07, 6.45) is 0.661. The van der Waals surface area contributed by atoms with Crippen molar-refractivity contribution < 1.29 is 19.1 Å². The SMILES string of the molecule is CC(C)C[C@@H](CO)NC(=O)CNC(=O)c1ccc(F)cc1. The molecular formula is C15H21FN2O3. The molecule has 0 heterocycles. The summed E-state index contributed by atoms with van der Waals surface area (Å²) in [4.78, 5) is 23.4. The molecule has 1 aromatic rings. The lowest BCUT2D eigenvalue weighted by atomic mass is 10.0. The first-order valence-electron chi connectivity index (χ1n) is 6.86. The highest BCUT2D eigenvalue weighted by Crippen LogP contribution is 2.04. The van der Waals surface area contributed by atoms with Gasteiger partial charge < -0.3 is 15.7 Å². The lowest BCUT2D eigenvalue weighted by Crippen LogP contribution is -2.44. The molecule has 6 heteroatoms. The van der Waals surface area contributed by atoms with E-state index < -0.39 is 11.7 Å². The van der Waals surface area contributed by atoms with Gasteiger partial charge in [-0.1, -0.05) is 13.8 Å². The monoisotopic (exact) mass is 296 g/mol. The molecule has 21 heavy (non-hydrogen) atoms. The topological polar surface area (TPSA) is 78.4 Å². The minimum absolute atomic E-state index is 0.143. The molecule has 0 fully saturated rings. The van der Waals surface area contributed by atoms with Crippen LogP contribution in [0.5, 0.6) is 0 Å². The molecule has 1 rings (SSSR count). The van der Waals surface area contributed by atoms with Gasteiger partial charge in [0.15, 0.2) is 0 Å². The highest BCUT2D eigenvalue weighted by atomic mass is 19.1. The number of aliphatic hydroxyl groups excluding tert-OH is 1. The van der Waals surface area contributed by atoms with E-state index in [4.69, 9.17) is 5.11 Å². The van der Waals surface area contributed by atoms with Crippen LogP contribution in [0, 0.1) is 11.7 Å².